The van der Waals surface area contributed by atoms with Gasteiger partial charge in [-0.15, -0.1) is 0 Å². The van der Waals surface area contributed by atoms with Gasteiger partial charge in [-0.2, -0.15) is 0 Å². The average molecular weight is 578 g/mol. The molecule has 0 bridgehead atoms. The third-order valence-electron chi connectivity index (χ3n) is 9.75. The maximum absolute atomic E-state index is 7.01. The molecule has 9 aromatic rings. The van der Waals surface area contributed by atoms with Crippen molar-refractivity contribution in [2.75, 3.05) is 0 Å². The summed E-state index contributed by atoms with van der Waals surface area (Å²) < 4.78 is 9.23. The molecule has 0 aliphatic heterocycles. The highest BCUT2D eigenvalue weighted by Gasteiger charge is 2.41. The molecule has 0 spiro atoms. The molecule has 0 N–H and O–H groups in total. The number of nitrogens with zero attached hydrogens (tertiary/aromatic N) is 3. The predicted molar refractivity (Wildman–Crippen MR) is 184 cm³/mol. The summed E-state index contributed by atoms with van der Waals surface area (Å²) in [6.07, 6.45) is 0. The molecule has 0 fully saturated rings. The number of furan rings is 1. The van der Waals surface area contributed by atoms with Crippen LogP contribution in [0.5, 0.6) is 0 Å². The molecular formula is C41H27N3O. The Morgan fingerprint density at radius 2 is 1.31 bits per heavy atom. The fraction of sp³-hybridized carbons (Fsp3) is 0.0732. The lowest BCUT2D eigenvalue weighted by Crippen LogP contribution is -2.14. The largest absolute Gasteiger partial charge is 0.457 e. The van der Waals surface area contributed by atoms with Crippen molar-refractivity contribution in [3.63, 3.8) is 0 Å². The Balaban J connectivity index is 1.38. The summed E-state index contributed by atoms with van der Waals surface area (Å²) in [5.74, 6) is 1.64. The van der Waals surface area contributed by atoms with Crippen LogP contribution in [0, 0.1) is 0 Å². The Labute approximate surface area is 259 Å². The van der Waals surface area contributed by atoms with Gasteiger partial charge in [-0.3, -0.25) is 4.57 Å². The van der Waals surface area contributed by atoms with E-state index in [-0.39, 0.29) is 5.41 Å². The number of aromatic nitrogens is 3. The third kappa shape index (κ3) is 3.21. The van der Waals surface area contributed by atoms with Crippen LogP contribution >= 0.6 is 0 Å². The van der Waals surface area contributed by atoms with Crippen LogP contribution in [0.25, 0.3) is 82.8 Å². The number of hydrogen-bond acceptors (Lipinski definition) is 3. The minimum atomic E-state index is -0.243. The Hall–Kier alpha value is -5.74. The van der Waals surface area contributed by atoms with E-state index in [2.05, 4.69) is 140 Å². The minimum Gasteiger partial charge on any atom is -0.457 e. The van der Waals surface area contributed by atoms with Gasteiger partial charge in [0, 0.05) is 43.5 Å². The first kappa shape index (κ1) is 24.7. The van der Waals surface area contributed by atoms with Gasteiger partial charge >= 0.3 is 0 Å². The molecule has 0 amide bonds. The molecule has 212 valence electrons. The molecule has 1 aliphatic carbocycles. The molecule has 6 aromatic carbocycles. The average Bonchev–Trinajstić information content (AvgIpc) is 3.71. The van der Waals surface area contributed by atoms with Gasteiger partial charge in [0.05, 0.1) is 16.7 Å². The van der Waals surface area contributed by atoms with E-state index in [0.29, 0.717) is 5.95 Å². The van der Waals surface area contributed by atoms with Crippen molar-refractivity contribution in [3.05, 3.63) is 139 Å². The van der Waals surface area contributed by atoms with Crippen LogP contribution in [-0.2, 0) is 5.41 Å². The van der Waals surface area contributed by atoms with Crippen LogP contribution in [0.15, 0.2) is 132 Å². The third-order valence-corrected chi connectivity index (χ3v) is 9.75. The summed E-state index contributed by atoms with van der Waals surface area (Å²) in [5, 5.41) is 6.69. The first-order chi connectivity index (χ1) is 22.1. The summed E-state index contributed by atoms with van der Waals surface area (Å²) >= 11 is 0. The second-order valence-corrected chi connectivity index (χ2v) is 12.6. The van der Waals surface area contributed by atoms with Crippen LogP contribution in [0.2, 0.25) is 0 Å². The van der Waals surface area contributed by atoms with Crippen LogP contribution in [-0.4, -0.2) is 14.5 Å². The zero-order chi connectivity index (χ0) is 29.9. The second-order valence-electron chi connectivity index (χ2n) is 12.6. The molecule has 0 unspecified atom stereocenters. The Morgan fingerprint density at radius 3 is 2.20 bits per heavy atom. The van der Waals surface area contributed by atoms with Crippen molar-refractivity contribution in [1.29, 1.82) is 0 Å². The van der Waals surface area contributed by atoms with E-state index >= 15 is 0 Å². The summed E-state index contributed by atoms with van der Waals surface area (Å²) in [7, 11) is 0. The Morgan fingerprint density at radius 1 is 0.600 bits per heavy atom. The summed E-state index contributed by atoms with van der Waals surface area (Å²) in [6, 6.07) is 44.9. The minimum absolute atomic E-state index is 0.243. The van der Waals surface area contributed by atoms with Crippen LogP contribution in [0.4, 0.5) is 0 Å². The molecule has 3 heterocycles. The summed E-state index contributed by atoms with van der Waals surface area (Å²) in [6.45, 7) is 4.52. The van der Waals surface area contributed by atoms with E-state index in [1.165, 1.54) is 16.7 Å². The predicted octanol–water partition coefficient (Wildman–Crippen LogP) is 10.6. The standard InChI is InChI=1S/C41H27N3O/c1-41(2)32-18-10-8-17-29(32)34-30-23-22-28-27-16-9-11-19-33(27)44(37(28)38(30)45-39(34)41)40-42-35(25-13-4-3-5-14-25)31-21-20-24-12-6-7-15-26(24)36(31)43-40/h3-23H,1-2H3. The lowest BCUT2D eigenvalue weighted by Gasteiger charge is -2.18. The smallest absolute Gasteiger partial charge is 0.235 e. The number of fused-ring (bicyclic) bond motifs is 12. The van der Waals surface area contributed by atoms with Crippen LogP contribution < -0.4 is 0 Å². The summed E-state index contributed by atoms with van der Waals surface area (Å²) in [4.78, 5) is 10.7. The lowest BCUT2D eigenvalue weighted by atomic mass is 9.86. The zero-order valence-electron chi connectivity index (χ0n) is 24.9. The normalized spacial score (nSPS) is 13.7. The van der Waals surface area contributed by atoms with E-state index in [9.17, 15) is 0 Å². The first-order valence-electron chi connectivity index (χ1n) is 15.4. The van der Waals surface area contributed by atoms with Crippen molar-refractivity contribution < 1.29 is 4.42 Å². The molecule has 4 heteroatoms. The van der Waals surface area contributed by atoms with E-state index in [1.54, 1.807) is 0 Å². The van der Waals surface area contributed by atoms with Gasteiger partial charge in [-0.25, -0.2) is 9.97 Å². The molecule has 0 saturated heterocycles. The van der Waals surface area contributed by atoms with Gasteiger partial charge < -0.3 is 4.42 Å². The van der Waals surface area contributed by atoms with Crippen LogP contribution in [0.1, 0.15) is 25.2 Å². The number of para-hydroxylation sites is 1. The highest BCUT2D eigenvalue weighted by atomic mass is 16.3. The van der Waals surface area contributed by atoms with E-state index in [4.69, 9.17) is 14.4 Å². The quantitative estimate of drug-likeness (QED) is 0.192. The van der Waals surface area contributed by atoms with Crippen molar-refractivity contribution in [1.82, 2.24) is 14.5 Å². The number of rotatable bonds is 2. The van der Waals surface area contributed by atoms with E-state index < -0.39 is 0 Å². The second kappa shape index (κ2) is 8.67. The van der Waals surface area contributed by atoms with Gasteiger partial charge in [0.1, 0.15) is 11.3 Å². The highest BCUT2D eigenvalue weighted by Crippen LogP contribution is 2.54. The SMILES string of the molecule is CC1(C)c2ccccc2-c2c1oc1c2ccc2c3ccccc3n(-c3nc(-c4ccccc4)c4ccc5ccccc5c4n3)c21. The molecule has 1 aliphatic rings. The molecule has 0 atom stereocenters. The van der Waals surface area contributed by atoms with Crippen molar-refractivity contribution >= 4 is 54.5 Å². The molecule has 10 rings (SSSR count). The fourth-order valence-corrected chi connectivity index (χ4v) is 7.65. The van der Waals surface area contributed by atoms with Crippen molar-refractivity contribution in [2.45, 2.75) is 19.3 Å². The van der Waals surface area contributed by atoms with E-state index in [1.807, 2.05) is 6.07 Å². The molecule has 3 aromatic heterocycles. The topological polar surface area (TPSA) is 43.9 Å². The van der Waals surface area contributed by atoms with Gasteiger partial charge in [0.25, 0.3) is 0 Å². The van der Waals surface area contributed by atoms with Gasteiger partial charge in [-0.05, 0) is 48.6 Å². The highest BCUT2D eigenvalue weighted by molar-refractivity contribution is 6.20. The molecule has 0 saturated carbocycles. The van der Waals surface area contributed by atoms with E-state index in [0.717, 1.165) is 71.5 Å². The maximum Gasteiger partial charge on any atom is 0.235 e. The van der Waals surface area contributed by atoms with Crippen molar-refractivity contribution in [2.24, 2.45) is 0 Å². The van der Waals surface area contributed by atoms with Gasteiger partial charge in [0.2, 0.25) is 5.95 Å². The fourth-order valence-electron chi connectivity index (χ4n) is 7.65. The van der Waals surface area contributed by atoms with Gasteiger partial charge in [-0.1, -0.05) is 109 Å². The van der Waals surface area contributed by atoms with Crippen molar-refractivity contribution in [3.8, 4) is 28.3 Å². The summed E-state index contributed by atoms with van der Waals surface area (Å²) in [5.41, 5.74) is 9.33. The maximum atomic E-state index is 7.01. The first-order valence-corrected chi connectivity index (χ1v) is 15.4. The van der Waals surface area contributed by atoms with Crippen LogP contribution in [0.3, 0.4) is 0 Å². The molecule has 0 radical (unpaired) electrons. The number of benzene rings is 6. The van der Waals surface area contributed by atoms with Gasteiger partial charge in [0.15, 0.2) is 5.58 Å². The molecule has 45 heavy (non-hydrogen) atoms. The molecular weight excluding hydrogens is 550 g/mol. The number of hydrogen-bond donors (Lipinski definition) is 0. The lowest BCUT2D eigenvalue weighted by molar-refractivity contribution is 0.466. The Bertz CT molecular complexity index is 2680. The Kier molecular flexibility index (Phi) is 4.76. The zero-order valence-corrected chi connectivity index (χ0v) is 24.9. The monoisotopic (exact) mass is 577 g/mol. The molecule has 4 nitrogen and oxygen atoms in total.